The lowest BCUT2D eigenvalue weighted by molar-refractivity contribution is 0.0893. The Morgan fingerprint density at radius 3 is 2.55 bits per heavy atom. The number of piperidine rings is 1. The Balaban J connectivity index is 0.00000240. The highest BCUT2D eigenvalue weighted by atomic mass is 35.5. The fourth-order valence-corrected chi connectivity index (χ4v) is 3.68. The third-order valence-electron chi connectivity index (χ3n) is 5.52. The van der Waals surface area contributed by atoms with E-state index in [9.17, 15) is 4.79 Å². The average molecular weight is 415 g/mol. The van der Waals surface area contributed by atoms with Crippen LogP contribution in [0.1, 0.15) is 35.9 Å². The number of furan rings is 1. The van der Waals surface area contributed by atoms with Gasteiger partial charge in [-0.25, -0.2) is 0 Å². The molecule has 5 nitrogen and oxygen atoms in total. The van der Waals surface area contributed by atoms with E-state index in [0.29, 0.717) is 17.9 Å². The summed E-state index contributed by atoms with van der Waals surface area (Å²) in [7, 11) is 0. The van der Waals surface area contributed by atoms with Crippen LogP contribution in [-0.4, -0.2) is 25.5 Å². The molecule has 1 amide bonds. The van der Waals surface area contributed by atoms with E-state index >= 15 is 0 Å². The fourth-order valence-electron chi connectivity index (χ4n) is 3.68. The number of carbonyl (C=O) groups excluding carboxylic acids is 1. The predicted molar refractivity (Wildman–Crippen MR) is 117 cm³/mol. The zero-order valence-corrected chi connectivity index (χ0v) is 17.4. The van der Waals surface area contributed by atoms with Gasteiger partial charge in [0.25, 0.3) is 5.91 Å². The third kappa shape index (κ3) is 4.92. The van der Waals surface area contributed by atoms with Gasteiger partial charge in [0.2, 0.25) is 0 Å². The van der Waals surface area contributed by atoms with Crippen LogP contribution in [-0.2, 0) is 6.61 Å². The van der Waals surface area contributed by atoms with E-state index in [0.717, 1.165) is 42.6 Å². The van der Waals surface area contributed by atoms with Crippen LogP contribution >= 0.6 is 12.4 Å². The van der Waals surface area contributed by atoms with Crippen molar-refractivity contribution in [3.8, 4) is 5.75 Å². The number of nitrogens with one attached hydrogen (secondary N) is 2. The molecule has 0 unspecified atom stereocenters. The van der Waals surface area contributed by atoms with Crippen molar-refractivity contribution in [2.75, 3.05) is 19.6 Å². The minimum absolute atomic E-state index is 0. The zero-order chi connectivity index (χ0) is 19.4. The molecule has 0 saturated carbocycles. The summed E-state index contributed by atoms with van der Waals surface area (Å²) in [5.41, 5.74) is 1.60. The summed E-state index contributed by atoms with van der Waals surface area (Å²) in [6, 6.07) is 17.3. The summed E-state index contributed by atoms with van der Waals surface area (Å²) < 4.78 is 11.8. The lowest BCUT2D eigenvalue weighted by Crippen LogP contribution is -2.43. The normalized spacial score (nSPS) is 15.5. The molecule has 1 fully saturated rings. The van der Waals surface area contributed by atoms with Crippen molar-refractivity contribution in [2.24, 2.45) is 5.41 Å². The van der Waals surface area contributed by atoms with Crippen molar-refractivity contribution in [3.63, 3.8) is 0 Å². The molecule has 4 rings (SSSR count). The van der Waals surface area contributed by atoms with Crippen molar-refractivity contribution in [2.45, 2.75) is 26.4 Å². The standard InChI is InChI=1S/C23H26N2O3.ClH/c1-23(11-13-24-14-12-23)16-25-22(26)21-19(15-27-17-7-3-2-4-8-17)18-9-5-6-10-20(18)28-21;/h2-10,24H,11-16H2,1H3,(H,25,26);1H. The molecule has 3 aromatic rings. The van der Waals surface area contributed by atoms with Crippen LogP contribution in [0.25, 0.3) is 11.0 Å². The maximum atomic E-state index is 13.0. The van der Waals surface area contributed by atoms with Crippen LogP contribution < -0.4 is 15.4 Å². The van der Waals surface area contributed by atoms with E-state index < -0.39 is 0 Å². The van der Waals surface area contributed by atoms with Crippen LogP contribution in [0, 0.1) is 5.41 Å². The van der Waals surface area contributed by atoms with Gasteiger partial charge in [0.05, 0.1) is 0 Å². The van der Waals surface area contributed by atoms with Crippen LogP contribution in [0.2, 0.25) is 0 Å². The van der Waals surface area contributed by atoms with Gasteiger partial charge in [0, 0.05) is 17.5 Å². The molecule has 2 heterocycles. The molecule has 154 valence electrons. The summed E-state index contributed by atoms with van der Waals surface area (Å²) in [6.07, 6.45) is 2.11. The first-order valence-corrected chi connectivity index (χ1v) is 9.82. The van der Waals surface area contributed by atoms with E-state index in [1.54, 1.807) is 0 Å². The Hall–Kier alpha value is -2.50. The second-order valence-corrected chi connectivity index (χ2v) is 7.75. The molecule has 1 saturated heterocycles. The Morgan fingerprint density at radius 2 is 1.79 bits per heavy atom. The smallest absolute Gasteiger partial charge is 0.287 e. The Kier molecular flexibility index (Phi) is 6.83. The van der Waals surface area contributed by atoms with Gasteiger partial charge in [0.1, 0.15) is 17.9 Å². The van der Waals surface area contributed by atoms with Gasteiger partial charge in [-0.3, -0.25) is 4.79 Å². The van der Waals surface area contributed by atoms with E-state index in [1.165, 1.54) is 0 Å². The van der Waals surface area contributed by atoms with Crippen LogP contribution in [0.4, 0.5) is 0 Å². The summed E-state index contributed by atoms with van der Waals surface area (Å²) in [4.78, 5) is 13.0. The number of ether oxygens (including phenoxy) is 1. The molecule has 0 aliphatic carbocycles. The van der Waals surface area contributed by atoms with E-state index in [1.807, 2.05) is 54.6 Å². The van der Waals surface area contributed by atoms with Crippen LogP contribution in [0.15, 0.2) is 59.0 Å². The largest absolute Gasteiger partial charge is 0.489 e. The third-order valence-corrected chi connectivity index (χ3v) is 5.52. The Bertz CT molecular complexity index is 949. The van der Waals surface area contributed by atoms with E-state index in [2.05, 4.69) is 17.6 Å². The molecular formula is C23H27ClN2O3. The number of amides is 1. The zero-order valence-electron chi connectivity index (χ0n) is 16.6. The minimum atomic E-state index is -0.178. The van der Waals surface area contributed by atoms with Crippen molar-refractivity contribution in [1.29, 1.82) is 0 Å². The second kappa shape index (κ2) is 9.33. The second-order valence-electron chi connectivity index (χ2n) is 7.75. The Morgan fingerprint density at radius 1 is 1.10 bits per heavy atom. The molecule has 1 aliphatic rings. The first kappa shape index (κ1) is 21.2. The predicted octanol–water partition coefficient (Wildman–Crippen LogP) is 4.55. The van der Waals surface area contributed by atoms with Gasteiger partial charge in [-0.05, 0) is 49.5 Å². The van der Waals surface area contributed by atoms with Crippen LogP contribution in [0.5, 0.6) is 5.75 Å². The lowest BCUT2D eigenvalue weighted by atomic mass is 9.81. The number of para-hydroxylation sites is 2. The number of rotatable bonds is 6. The molecular weight excluding hydrogens is 388 g/mol. The van der Waals surface area contributed by atoms with Gasteiger partial charge in [-0.1, -0.05) is 43.3 Å². The number of carbonyl (C=O) groups is 1. The molecule has 0 bridgehead atoms. The topological polar surface area (TPSA) is 63.5 Å². The van der Waals surface area contributed by atoms with E-state index in [-0.39, 0.29) is 30.3 Å². The summed E-state index contributed by atoms with van der Waals surface area (Å²) >= 11 is 0. The minimum Gasteiger partial charge on any atom is -0.489 e. The summed E-state index contributed by atoms with van der Waals surface area (Å²) in [5, 5.41) is 7.38. The maximum absolute atomic E-state index is 13.0. The van der Waals surface area contributed by atoms with Crippen molar-refractivity contribution in [3.05, 3.63) is 65.9 Å². The molecule has 29 heavy (non-hydrogen) atoms. The average Bonchev–Trinajstić information content (AvgIpc) is 3.11. The number of halogens is 1. The highest BCUT2D eigenvalue weighted by Crippen LogP contribution is 2.29. The van der Waals surface area contributed by atoms with Gasteiger partial charge in [0.15, 0.2) is 5.76 Å². The van der Waals surface area contributed by atoms with Gasteiger partial charge in [-0.2, -0.15) is 0 Å². The number of hydrogen-bond donors (Lipinski definition) is 2. The number of fused-ring (bicyclic) bond motifs is 1. The number of hydrogen-bond acceptors (Lipinski definition) is 4. The molecule has 6 heteroatoms. The van der Waals surface area contributed by atoms with Gasteiger partial charge >= 0.3 is 0 Å². The molecule has 2 N–H and O–H groups in total. The van der Waals surface area contributed by atoms with E-state index in [4.69, 9.17) is 9.15 Å². The molecule has 1 aromatic heterocycles. The highest BCUT2D eigenvalue weighted by Gasteiger charge is 2.28. The quantitative estimate of drug-likeness (QED) is 0.621. The maximum Gasteiger partial charge on any atom is 0.287 e. The van der Waals surface area contributed by atoms with Crippen molar-refractivity contribution in [1.82, 2.24) is 10.6 Å². The van der Waals surface area contributed by atoms with Gasteiger partial charge < -0.3 is 19.8 Å². The fraction of sp³-hybridized carbons (Fsp3) is 0.348. The monoisotopic (exact) mass is 414 g/mol. The molecule has 0 radical (unpaired) electrons. The first-order valence-electron chi connectivity index (χ1n) is 9.82. The summed E-state index contributed by atoms with van der Waals surface area (Å²) in [6.45, 7) is 5.14. The molecule has 0 atom stereocenters. The van der Waals surface area contributed by atoms with Crippen LogP contribution in [0.3, 0.4) is 0 Å². The number of benzene rings is 2. The molecule has 1 aliphatic heterocycles. The summed E-state index contributed by atoms with van der Waals surface area (Å²) in [5.74, 6) is 0.929. The van der Waals surface area contributed by atoms with Crippen molar-refractivity contribution >= 4 is 29.3 Å². The van der Waals surface area contributed by atoms with Gasteiger partial charge in [-0.15, -0.1) is 12.4 Å². The SMILES string of the molecule is CC1(CNC(=O)c2oc3ccccc3c2COc2ccccc2)CCNCC1.Cl. The molecule has 0 spiro atoms. The molecule has 2 aromatic carbocycles. The van der Waals surface area contributed by atoms with Crippen molar-refractivity contribution < 1.29 is 13.9 Å². The first-order chi connectivity index (χ1) is 13.6. The Labute approximate surface area is 177 Å². The lowest BCUT2D eigenvalue weighted by Gasteiger charge is -2.34. The highest BCUT2D eigenvalue weighted by molar-refractivity contribution is 5.99.